The molecular weight excluding hydrogens is 410 g/mol. The normalized spacial score (nSPS) is 19.5. The van der Waals surface area contributed by atoms with Crippen LogP contribution in [0.2, 0.25) is 0 Å². The summed E-state index contributed by atoms with van der Waals surface area (Å²) in [7, 11) is -3.95. The van der Waals surface area contributed by atoms with Gasteiger partial charge in [0.05, 0.1) is 4.90 Å². The van der Waals surface area contributed by atoms with Crippen molar-refractivity contribution in [1.29, 1.82) is 0 Å². The van der Waals surface area contributed by atoms with Gasteiger partial charge in [-0.3, -0.25) is 9.79 Å². The number of ether oxygens (including phenoxy) is 1. The zero-order chi connectivity index (χ0) is 23.1. The molecule has 0 radical (unpaired) electrons. The molecule has 1 aliphatic heterocycles. The number of carbonyl (C=O) groups is 1. The minimum Gasteiger partial charge on any atom is -0.460 e. The summed E-state index contributed by atoms with van der Waals surface area (Å²) in [6.07, 6.45) is 11.3. The highest BCUT2D eigenvalue weighted by Crippen LogP contribution is 2.41. The first-order valence-electron chi connectivity index (χ1n) is 11.3. The molecule has 0 aliphatic carbocycles. The molecule has 31 heavy (non-hydrogen) atoms. The first-order valence-corrected chi connectivity index (χ1v) is 12.8. The number of allylic oxidation sites excluding steroid dienone is 1. The molecule has 2 atom stereocenters. The van der Waals surface area contributed by atoms with E-state index < -0.39 is 32.2 Å². The first-order chi connectivity index (χ1) is 14.5. The second-order valence-electron chi connectivity index (χ2n) is 9.35. The minimum absolute atomic E-state index is 0.165. The van der Waals surface area contributed by atoms with E-state index >= 15 is 0 Å². The van der Waals surface area contributed by atoms with Crippen LogP contribution in [0.5, 0.6) is 0 Å². The molecule has 6 heteroatoms. The van der Waals surface area contributed by atoms with E-state index in [1.807, 2.05) is 6.92 Å². The summed E-state index contributed by atoms with van der Waals surface area (Å²) in [6, 6.07) is 6.70. The second-order valence-corrected chi connectivity index (χ2v) is 11.5. The molecule has 0 N–H and O–H groups in total. The Morgan fingerprint density at radius 2 is 1.68 bits per heavy atom. The van der Waals surface area contributed by atoms with E-state index in [2.05, 4.69) is 11.9 Å². The molecule has 0 spiro atoms. The number of benzene rings is 1. The lowest BCUT2D eigenvalue weighted by Crippen LogP contribution is -2.47. The predicted molar refractivity (Wildman–Crippen MR) is 126 cm³/mol. The van der Waals surface area contributed by atoms with Gasteiger partial charge >= 0.3 is 5.97 Å². The fraction of sp³-hybridized carbons (Fsp3) is 0.600. The number of unbranched alkanes of at least 4 members (excludes halogenated alkanes) is 5. The number of nitrogens with zero attached hydrogens (tertiary/aromatic N) is 1. The molecule has 0 aromatic heterocycles. The topological polar surface area (TPSA) is 72.8 Å². The minimum atomic E-state index is -3.95. The Kier molecular flexibility index (Phi) is 8.64. The predicted octanol–water partition coefficient (Wildman–Crippen LogP) is 5.81. The summed E-state index contributed by atoms with van der Waals surface area (Å²) in [5, 5.41) is 0. The third-order valence-corrected chi connectivity index (χ3v) is 7.78. The van der Waals surface area contributed by atoms with Crippen molar-refractivity contribution in [1.82, 2.24) is 0 Å². The zero-order valence-corrected chi connectivity index (χ0v) is 20.4. The molecule has 0 fully saturated rings. The van der Waals surface area contributed by atoms with Crippen molar-refractivity contribution >= 4 is 22.0 Å². The standard InChI is InChI=1S/C25H37NO4S/c1-6-7-8-9-10-11-13-22(23(27)30-24(3,4)5)25(18-12-19-26-25)31(28,29)21-16-14-20(2)15-17-21/h12,14-19,22H,6-11,13H2,1-5H3. The van der Waals surface area contributed by atoms with E-state index in [4.69, 9.17) is 4.74 Å². The van der Waals surface area contributed by atoms with Gasteiger partial charge in [0.2, 0.25) is 9.84 Å². The van der Waals surface area contributed by atoms with Gasteiger partial charge in [-0.05, 0) is 58.4 Å². The van der Waals surface area contributed by atoms with Crippen LogP contribution >= 0.6 is 0 Å². The highest BCUT2D eigenvalue weighted by molar-refractivity contribution is 7.93. The van der Waals surface area contributed by atoms with Crippen LogP contribution < -0.4 is 0 Å². The summed E-state index contributed by atoms with van der Waals surface area (Å²) in [6.45, 7) is 9.45. The van der Waals surface area contributed by atoms with Gasteiger partial charge in [0, 0.05) is 6.21 Å². The van der Waals surface area contributed by atoms with Gasteiger partial charge in [-0.25, -0.2) is 8.42 Å². The van der Waals surface area contributed by atoms with Crippen molar-refractivity contribution in [3.8, 4) is 0 Å². The summed E-state index contributed by atoms with van der Waals surface area (Å²) in [5.74, 6) is -1.42. The van der Waals surface area contributed by atoms with Crippen molar-refractivity contribution in [2.75, 3.05) is 0 Å². The van der Waals surface area contributed by atoms with Gasteiger partial charge < -0.3 is 4.74 Å². The number of aliphatic imine (C=N–C) groups is 1. The van der Waals surface area contributed by atoms with E-state index in [1.165, 1.54) is 12.6 Å². The average Bonchev–Trinajstić information content (AvgIpc) is 3.17. The van der Waals surface area contributed by atoms with Crippen LogP contribution in [0.4, 0.5) is 0 Å². The fourth-order valence-corrected chi connectivity index (χ4v) is 5.76. The molecule has 1 aromatic carbocycles. The van der Waals surface area contributed by atoms with Crippen molar-refractivity contribution in [3.63, 3.8) is 0 Å². The van der Waals surface area contributed by atoms with Crippen LogP contribution in [0, 0.1) is 12.8 Å². The Hall–Kier alpha value is -1.95. The lowest BCUT2D eigenvalue weighted by molar-refractivity contribution is -0.161. The molecular formula is C25H37NO4S. The third-order valence-electron chi connectivity index (χ3n) is 5.50. The van der Waals surface area contributed by atoms with Crippen LogP contribution in [0.3, 0.4) is 0 Å². The van der Waals surface area contributed by atoms with Gasteiger partial charge in [0.1, 0.15) is 11.5 Å². The van der Waals surface area contributed by atoms with Crippen molar-refractivity contribution in [3.05, 3.63) is 42.0 Å². The molecule has 0 amide bonds. The lowest BCUT2D eigenvalue weighted by atomic mass is 9.92. The molecule has 2 unspecified atom stereocenters. The average molecular weight is 448 g/mol. The smallest absolute Gasteiger partial charge is 0.313 e. The van der Waals surface area contributed by atoms with E-state index in [0.29, 0.717) is 6.42 Å². The number of aryl methyl sites for hydroxylation is 1. The maximum absolute atomic E-state index is 13.8. The third kappa shape index (κ3) is 6.28. The summed E-state index contributed by atoms with van der Waals surface area (Å²) < 4.78 is 33.2. The molecule has 2 rings (SSSR count). The van der Waals surface area contributed by atoms with Crippen LogP contribution in [0.15, 0.2) is 46.3 Å². The van der Waals surface area contributed by atoms with Crippen LogP contribution in [-0.2, 0) is 19.4 Å². The fourth-order valence-electron chi connectivity index (χ4n) is 3.84. The number of rotatable bonds is 11. The summed E-state index contributed by atoms with van der Waals surface area (Å²) in [4.78, 5) is 16.1. The molecule has 0 bridgehead atoms. The van der Waals surface area contributed by atoms with Gasteiger partial charge in [-0.15, -0.1) is 0 Å². The molecule has 0 saturated heterocycles. The van der Waals surface area contributed by atoms with Crippen molar-refractivity contribution < 1.29 is 17.9 Å². The first kappa shape index (κ1) is 25.3. The molecule has 0 saturated carbocycles. The Morgan fingerprint density at radius 1 is 1.06 bits per heavy atom. The number of hydrogen-bond donors (Lipinski definition) is 0. The van der Waals surface area contributed by atoms with Gasteiger partial charge in [0.15, 0.2) is 4.87 Å². The maximum Gasteiger partial charge on any atom is 0.313 e. The van der Waals surface area contributed by atoms with E-state index in [-0.39, 0.29) is 4.90 Å². The van der Waals surface area contributed by atoms with Gasteiger partial charge in [-0.2, -0.15) is 0 Å². The summed E-state index contributed by atoms with van der Waals surface area (Å²) in [5.41, 5.74) is 0.256. The number of esters is 1. The van der Waals surface area contributed by atoms with Gasteiger partial charge in [-0.1, -0.05) is 63.1 Å². The van der Waals surface area contributed by atoms with E-state index in [9.17, 15) is 13.2 Å². The van der Waals surface area contributed by atoms with Crippen molar-refractivity contribution in [2.45, 2.75) is 94.9 Å². The number of sulfone groups is 1. The lowest BCUT2D eigenvalue weighted by Gasteiger charge is -2.34. The van der Waals surface area contributed by atoms with Crippen LogP contribution in [0.25, 0.3) is 0 Å². The molecule has 1 aliphatic rings. The maximum atomic E-state index is 13.8. The Labute approximate surface area is 187 Å². The largest absolute Gasteiger partial charge is 0.460 e. The number of hydrogen-bond acceptors (Lipinski definition) is 5. The molecule has 1 aromatic rings. The van der Waals surface area contributed by atoms with Crippen molar-refractivity contribution in [2.24, 2.45) is 10.9 Å². The second kappa shape index (κ2) is 10.6. The Morgan fingerprint density at radius 3 is 2.23 bits per heavy atom. The molecule has 172 valence electrons. The monoisotopic (exact) mass is 447 g/mol. The van der Waals surface area contributed by atoms with Crippen LogP contribution in [0.1, 0.15) is 78.2 Å². The summed E-state index contributed by atoms with van der Waals surface area (Å²) >= 11 is 0. The van der Waals surface area contributed by atoms with E-state index in [1.54, 1.807) is 57.2 Å². The quantitative estimate of drug-likeness (QED) is 0.317. The SMILES string of the molecule is CCCCCCCCC(C(=O)OC(C)(C)C)C1(S(=O)(=O)c2ccc(C)cc2)C=CC=N1. The zero-order valence-electron chi connectivity index (χ0n) is 19.6. The Bertz CT molecular complexity index is 880. The molecule has 5 nitrogen and oxygen atoms in total. The van der Waals surface area contributed by atoms with E-state index in [0.717, 1.165) is 37.7 Å². The van der Waals surface area contributed by atoms with Crippen LogP contribution in [-0.4, -0.2) is 31.1 Å². The highest BCUT2D eigenvalue weighted by Gasteiger charge is 2.53. The Balaban J connectivity index is 2.38. The molecule has 1 heterocycles. The number of carbonyl (C=O) groups excluding carboxylic acids is 1. The highest BCUT2D eigenvalue weighted by atomic mass is 32.2. The van der Waals surface area contributed by atoms with Gasteiger partial charge in [0.25, 0.3) is 0 Å².